The van der Waals surface area contributed by atoms with Crippen LogP contribution in [0, 0.1) is 0 Å². The molecule has 4 heteroatoms. The predicted molar refractivity (Wildman–Crippen MR) is 64.1 cm³/mol. The van der Waals surface area contributed by atoms with E-state index in [0.29, 0.717) is 0 Å². The minimum absolute atomic E-state index is 0.777. The second kappa shape index (κ2) is 8.12. The van der Waals surface area contributed by atoms with Crippen LogP contribution in [0.1, 0.15) is 19.8 Å². The van der Waals surface area contributed by atoms with Crippen molar-refractivity contribution >= 4 is 37.3 Å². The van der Waals surface area contributed by atoms with Gasteiger partial charge in [-0.05, 0) is 0 Å². The number of hydrogen-bond acceptors (Lipinski definition) is 3. The summed E-state index contributed by atoms with van der Waals surface area (Å²) in [6.07, 6.45) is 3.42. The van der Waals surface area contributed by atoms with Gasteiger partial charge in [-0.1, -0.05) is 0 Å². The summed E-state index contributed by atoms with van der Waals surface area (Å²) in [4.78, 5) is 10.6. The fourth-order valence-electron chi connectivity index (χ4n) is 1.50. The zero-order valence-corrected chi connectivity index (χ0v) is 12.2. The number of unbranched alkanes of at least 4 members (excludes halogenated alkanes) is 1. The summed E-state index contributed by atoms with van der Waals surface area (Å²) in [7, 11) is 0. The summed E-state index contributed by atoms with van der Waals surface area (Å²) >= 11 is 2.33. The maximum atomic E-state index is 10.6. The Morgan fingerprint density at radius 3 is 2.54 bits per heavy atom. The predicted octanol–water partition coefficient (Wildman–Crippen LogP) is 1.86. The number of hydrogen-bond donors (Lipinski definition) is 2. The quantitative estimate of drug-likeness (QED) is 0.311. The van der Waals surface area contributed by atoms with Gasteiger partial charge in [0.25, 0.3) is 0 Å². The van der Waals surface area contributed by atoms with E-state index in [-0.39, 0.29) is 0 Å². The molecule has 0 fully saturated rings. The molecule has 0 aliphatic carbocycles. The number of rotatable bonds is 8. The Morgan fingerprint density at radius 1 is 1.46 bits per heavy atom. The third-order valence-electron chi connectivity index (χ3n) is 2.76. The molecule has 0 radical (unpaired) electrons. The van der Waals surface area contributed by atoms with E-state index in [1.54, 1.807) is 0 Å². The Hall–Kier alpha value is 0.779. The van der Waals surface area contributed by atoms with E-state index in [0.717, 1.165) is 27.5 Å². The van der Waals surface area contributed by atoms with Gasteiger partial charge in [0.05, 0.1) is 0 Å². The Balaban J connectivity index is 3.96. The van der Waals surface area contributed by atoms with E-state index in [9.17, 15) is 4.79 Å². The topological polar surface area (TPSA) is 43.1 Å². The summed E-state index contributed by atoms with van der Waals surface area (Å²) in [6, 6.07) is 0. The van der Waals surface area contributed by atoms with E-state index in [2.05, 4.69) is 19.6 Å². The summed E-state index contributed by atoms with van der Waals surface area (Å²) in [5.74, 6) is 0. The van der Waals surface area contributed by atoms with Crippen LogP contribution in [0.3, 0.4) is 0 Å². The van der Waals surface area contributed by atoms with Crippen LogP contribution in [0.2, 0.25) is 13.3 Å². The van der Waals surface area contributed by atoms with Crippen LogP contribution < -0.4 is 5.73 Å². The number of carbonyl (C=O) groups excluding carboxylic acids is 1. The van der Waals surface area contributed by atoms with Crippen LogP contribution in [0.15, 0.2) is 0 Å². The molecule has 0 amide bonds. The average Bonchev–Trinajstić information content (AvgIpc) is 2.17. The van der Waals surface area contributed by atoms with Gasteiger partial charge in [0, 0.05) is 0 Å². The fourth-order valence-corrected chi connectivity index (χ4v) is 12.7. The van der Waals surface area contributed by atoms with Crippen molar-refractivity contribution in [1.82, 2.24) is 0 Å². The molecule has 0 aromatic carbocycles. The van der Waals surface area contributed by atoms with Gasteiger partial charge >= 0.3 is 91.2 Å². The molecule has 0 saturated heterocycles. The van der Waals surface area contributed by atoms with Crippen LogP contribution in [0.4, 0.5) is 0 Å². The molecule has 13 heavy (non-hydrogen) atoms. The van der Waals surface area contributed by atoms with Crippen molar-refractivity contribution in [1.29, 1.82) is 0 Å². The van der Waals surface area contributed by atoms with Crippen LogP contribution in [0.5, 0.6) is 0 Å². The third kappa shape index (κ3) is 5.27. The van der Waals surface area contributed by atoms with Gasteiger partial charge in [0.15, 0.2) is 0 Å². The SMILES string of the molecule is C[CH2][Sn]([CH2]S)([CH2]C=O)[CH2]CCCN. The van der Waals surface area contributed by atoms with Crippen molar-refractivity contribution in [3.8, 4) is 0 Å². The van der Waals surface area contributed by atoms with E-state index >= 15 is 0 Å². The van der Waals surface area contributed by atoms with Crippen molar-refractivity contribution in [2.24, 2.45) is 5.73 Å². The van der Waals surface area contributed by atoms with Crippen molar-refractivity contribution in [3.63, 3.8) is 0 Å². The number of carbonyl (C=O) groups is 1. The van der Waals surface area contributed by atoms with Gasteiger partial charge < -0.3 is 0 Å². The van der Waals surface area contributed by atoms with E-state index in [4.69, 9.17) is 5.73 Å². The Bertz CT molecular complexity index is 140. The van der Waals surface area contributed by atoms with E-state index in [1.165, 1.54) is 15.3 Å². The van der Waals surface area contributed by atoms with E-state index in [1.807, 2.05) is 0 Å². The van der Waals surface area contributed by atoms with Gasteiger partial charge in [-0.2, -0.15) is 0 Å². The molecule has 1 atom stereocenters. The third-order valence-corrected chi connectivity index (χ3v) is 20.4. The molecule has 0 spiro atoms. The molecule has 2 N–H and O–H groups in total. The molecule has 0 aliphatic rings. The van der Waals surface area contributed by atoms with Gasteiger partial charge in [-0.15, -0.1) is 0 Å². The molecular weight excluding hydrogens is 289 g/mol. The first-order valence-electron chi connectivity index (χ1n) is 4.99. The molecule has 1 unspecified atom stereocenters. The second-order valence-electron chi connectivity index (χ2n) is 3.63. The molecule has 0 aromatic heterocycles. The molecule has 0 aromatic rings. The maximum absolute atomic E-state index is 10.6. The van der Waals surface area contributed by atoms with Crippen LogP contribution in [-0.4, -0.2) is 35.0 Å². The van der Waals surface area contributed by atoms with Crippen molar-refractivity contribution in [3.05, 3.63) is 0 Å². The first-order valence-corrected chi connectivity index (χ1v) is 13.7. The molecule has 0 rings (SSSR count). The molecule has 0 heterocycles. The summed E-state index contributed by atoms with van der Waals surface area (Å²) in [6.45, 7) is 3.00. The number of nitrogens with two attached hydrogens (primary N) is 1. The van der Waals surface area contributed by atoms with E-state index < -0.39 is 18.4 Å². The van der Waals surface area contributed by atoms with Gasteiger partial charge in [0.2, 0.25) is 0 Å². The second-order valence-corrected chi connectivity index (χ2v) is 19.8. The average molecular weight is 310 g/mol. The first kappa shape index (κ1) is 13.8. The van der Waals surface area contributed by atoms with Crippen LogP contribution in [-0.2, 0) is 4.79 Å². The molecule has 0 aliphatic heterocycles. The summed E-state index contributed by atoms with van der Waals surface area (Å²) in [5.41, 5.74) is 5.45. The van der Waals surface area contributed by atoms with Crippen LogP contribution in [0.25, 0.3) is 0 Å². The van der Waals surface area contributed by atoms with Crippen molar-refractivity contribution < 1.29 is 4.79 Å². The number of aldehydes is 1. The van der Waals surface area contributed by atoms with Crippen LogP contribution >= 0.6 is 12.6 Å². The Kier molecular flexibility index (Phi) is 8.60. The molecule has 0 saturated carbocycles. The Labute approximate surface area is 90.9 Å². The van der Waals surface area contributed by atoms with Crippen molar-refractivity contribution in [2.75, 3.05) is 10.3 Å². The summed E-state index contributed by atoms with van der Waals surface area (Å²) < 4.78 is 4.37. The van der Waals surface area contributed by atoms with Gasteiger partial charge in [-0.3, -0.25) is 0 Å². The minimum atomic E-state index is -2.09. The molecular formula is C9H21NOSSn. The first-order chi connectivity index (χ1) is 6.24. The molecule has 78 valence electrons. The Morgan fingerprint density at radius 2 is 2.15 bits per heavy atom. The fraction of sp³-hybridized carbons (Fsp3) is 0.889. The molecule has 0 bridgehead atoms. The normalized spacial score (nSPS) is 15.3. The van der Waals surface area contributed by atoms with Crippen molar-refractivity contribution in [2.45, 2.75) is 33.1 Å². The number of thiol groups is 1. The standard InChI is InChI=1S/C4H10N.C2H3O.C2H5.CH3S.Sn/c1-2-3-4-5;1-2-3;2*1-2;/h1-5H2;2H,1H2;1H2,2H3;2H,1H2;. The summed E-state index contributed by atoms with van der Waals surface area (Å²) in [5, 5.41) is 0. The molecule has 2 nitrogen and oxygen atoms in total. The zero-order valence-electron chi connectivity index (χ0n) is 8.46. The monoisotopic (exact) mass is 311 g/mol. The zero-order chi connectivity index (χ0) is 10.2. The van der Waals surface area contributed by atoms with Gasteiger partial charge in [-0.25, -0.2) is 0 Å². The van der Waals surface area contributed by atoms with Gasteiger partial charge in [0.1, 0.15) is 0 Å².